The van der Waals surface area contributed by atoms with Gasteiger partial charge in [0.15, 0.2) is 0 Å². The van der Waals surface area contributed by atoms with Gasteiger partial charge in [0.05, 0.1) is 8.95 Å². The number of ether oxygens (including phenoxy) is 1. The van der Waals surface area contributed by atoms with Gasteiger partial charge in [-0.05, 0) is 85.8 Å². The zero-order chi connectivity index (χ0) is 19.1. The molecule has 0 fully saturated rings. The van der Waals surface area contributed by atoms with E-state index in [9.17, 15) is 4.39 Å². The van der Waals surface area contributed by atoms with E-state index in [1.54, 1.807) is 0 Å². The highest BCUT2D eigenvalue weighted by Crippen LogP contribution is 2.35. The lowest BCUT2D eigenvalue weighted by Crippen LogP contribution is -2.16. The van der Waals surface area contributed by atoms with Crippen LogP contribution in [0, 0.1) is 5.82 Å². The summed E-state index contributed by atoms with van der Waals surface area (Å²) in [5.74, 6) is 0.602. The SMILES string of the molecule is Fc1ccc(CCNCc2cc(Br)c(OCc3ccccc3)c(Br)c2)cc1. The van der Waals surface area contributed by atoms with Crippen LogP contribution in [0.2, 0.25) is 0 Å². The Labute approximate surface area is 176 Å². The Morgan fingerprint density at radius 1 is 0.815 bits per heavy atom. The summed E-state index contributed by atoms with van der Waals surface area (Å²) >= 11 is 7.21. The quantitative estimate of drug-likeness (QED) is 0.374. The molecule has 0 spiro atoms. The molecule has 27 heavy (non-hydrogen) atoms. The summed E-state index contributed by atoms with van der Waals surface area (Å²) in [4.78, 5) is 0. The van der Waals surface area contributed by atoms with Crippen LogP contribution in [-0.4, -0.2) is 6.54 Å². The molecule has 0 heterocycles. The van der Waals surface area contributed by atoms with Crippen molar-refractivity contribution in [3.63, 3.8) is 0 Å². The second kappa shape index (κ2) is 10.0. The van der Waals surface area contributed by atoms with Crippen molar-refractivity contribution in [1.29, 1.82) is 0 Å². The van der Waals surface area contributed by atoms with Crippen LogP contribution in [0.25, 0.3) is 0 Å². The minimum atomic E-state index is -0.198. The van der Waals surface area contributed by atoms with Gasteiger partial charge in [0.1, 0.15) is 18.2 Å². The van der Waals surface area contributed by atoms with E-state index in [4.69, 9.17) is 4.74 Å². The van der Waals surface area contributed by atoms with E-state index >= 15 is 0 Å². The molecule has 0 saturated carbocycles. The van der Waals surface area contributed by atoms with E-state index in [1.165, 1.54) is 12.1 Å². The second-order valence-electron chi connectivity index (χ2n) is 6.22. The third kappa shape index (κ3) is 6.16. The van der Waals surface area contributed by atoms with Crippen molar-refractivity contribution in [3.8, 4) is 5.75 Å². The lowest BCUT2D eigenvalue weighted by atomic mass is 10.1. The molecule has 140 valence electrons. The van der Waals surface area contributed by atoms with Crippen LogP contribution in [0.4, 0.5) is 4.39 Å². The second-order valence-corrected chi connectivity index (χ2v) is 7.92. The molecular formula is C22H20Br2FNO. The average Bonchev–Trinajstić information content (AvgIpc) is 2.67. The topological polar surface area (TPSA) is 21.3 Å². The molecule has 0 saturated heterocycles. The van der Waals surface area contributed by atoms with Crippen LogP contribution in [0.15, 0.2) is 75.7 Å². The van der Waals surface area contributed by atoms with Crippen LogP contribution in [0.5, 0.6) is 5.75 Å². The van der Waals surface area contributed by atoms with Gasteiger partial charge >= 0.3 is 0 Å². The lowest BCUT2D eigenvalue weighted by molar-refractivity contribution is 0.302. The summed E-state index contributed by atoms with van der Waals surface area (Å²) in [6.07, 6.45) is 0.862. The molecule has 0 aliphatic rings. The number of hydrogen-bond acceptors (Lipinski definition) is 2. The molecule has 0 unspecified atom stereocenters. The fourth-order valence-corrected chi connectivity index (χ4v) is 4.21. The third-order valence-corrected chi connectivity index (χ3v) is 5.29. The molecule has 0 aromatic heterocycles. The van der Waals surface area contributed by atoms with E-state index in [1.807, 2.05) is 42.5 Å². The summed E-state index contributed by atoms with van der Waals surface area (Å²) in [7, 11) is 0. The zero-order valence-electron chi connectivity index (χ0n) is 14.7. The summed E-state index contributed by atoms with van der Waals surface area (Å²) in [6.45, 7) is 2.10. The average molecular weight is 493 g/mol. The van der Waals surface area contributed by atoms with Gasteiger partial charge in [0, 0.05) is 6.54 Å². The minimum absolute atomic E-state index is 0.198. The summed E-state index contributed by atoms with van der Waals surface area (Å²) in [5.41, 5.74) is 3.40. The first-order valence-corrected chi connectivity index (χ1v) is 10.3. The number of rotatable bonds is 8. The number of nitrogens with one attached hydrogen (secondary N) is 1. The summed E-state index contributed by atoms with van der Waals surface area (Å²) < 4.78 is 20.7. The maximum absolute atomic E-state index is 12.9. The molecular weight excluding hydrogens is 473 g/mol. The molecule has 0 aliphatic carbocycles. The molecule has 3 aromatic rings. The van der Waals surface area contributed by atoms with Crippen molar-refractivity contribution >= 4 is 31.9 Å². The van der Waals surface area contributed by atoms with E-state index in [2.05, 4.69) is 49.3 Å². The molecule has 0 radical (unpaired) electrons. The first kappa shape index (κ1) is 20.1. The van der Waals surface area contributed by atoms with E-state index in [0.29, 0.717) is 6.61 Å². The molecule has 0 aliphatic heterocycles. The maximum Gasteiger partial charge on any atom is 0.148 e. The van der Waals surface area contributed by atoms with Crippen LogP contribution in [-0.2, 0) is 19.6 Å². The highest BCUT2D eigenvalue weighted by atomic mass is 79.9. The van der Waals surface area contributed by atoms with Gasteiger partial charge in [-0.25, -0.2) is 4.39 Å². The predicted octanol–water partition coefficient (Wildman–Crippen LogP) is 6.26. The van der Waals surface area contributed by atoms with Crippen molar-refractivity contribution in [2.45, 2.75) is 19.6 Å². The van der Waals surface area contributed by atoms with Crippen molar-refractivity contribution < 1.29 is 9.13 Å². The van der Waals surface area contributed by atoms with Crippen LogP contribution in [0.3, 0.4) is 0 Å². The van der Waals surface area contributed by atoms with Gasteiger partial charge < -0.3 is 10.1 Å². The minimum Gasteiger partial charge on any atom is -0.487 e. The van der Waals surface area contributed by atoms with Crippen molar-refractivity contribution in [3.05, 3.63) is 98.2 Å². The maximum atomic E-state index is 12.9. The van der Waals surface area contributed by atoms with Gasteiger partial charge in [-0.3, -0.25) is 0 Å². The molecule has 0 amide bonds. The monoisotopic (exact) mass is 491 g/mol. The fraction of sp³-hybridized carbons (Fsp3) is 0.182. The Kier molecular flexibility index (Phi) is 7.44. The Morgan fingerprint density at radius 2 is 1.48 bits per heavy atom. The number of halogens is 3. The molecule has 5 heteroatoms. The van der Waals surface area contributed by atoms with Crippen LogP contribution >= 0.6 is 31.9 Å². The summed E-state index contributed by atoms with van der Waals surface area (Å²) in [5, 5.41) is 3.42. The van der Waals surface area contributed by atoms with Gasteiger partial charge in [-0.1, -0.05) is 42.5 Å². The Bertz CT molecular complexity index is 846. The van der Waals surface area contributed by atoms with Gasteiger partial charge in [0.25, 0.3) is 0 Å². The lowest BCUT2D eigenvalue weighted by Gasteiger charge is -2.13. The van der Waals surface area contributed by atoms with Crippen LogP contribution < -0.4 is 10.1 Å². The highest BCUT2D eigenvalue weighted by molar-refractivity contribution is 9.11. The Balaban J connectivity index is 1.52. The number of benzene rings is 3. The molecule has 3 rings (SSSR count). The van der Waals surface area contributed by atoms with Crippen molar-refractivity contribution in [2.24, 2.45) is 0 Å². The van der Waals surface area contributed by atoms with E-state index < -0.39 is 0 Å². The van der Waals surface area contributed by atoms with Crippen LogP contribution in [0.1, 0.15) is 16.7 Å². The first-order chi connectivity index (χ1) is 13.1. The molecule has 1 N–H and O–H groups in total. The molecule has 3 aromatic carbocycles. The molecule has 0 atom stereocenters. The number of hydrogen-bond donors (Lipinski definition) is 1. The van der Waals surface area contributed by atoms with Gasteiger partial charge in [-0.2, -0.15) is 0 Å². The Hall–Kier alpha value is -1.69. The zero-order valence-corrected chi connectivity index (χ0v) is 17.9. The van der Waals surface area contributed by atoms with E-state index in [0.717, 1.165) is 50.9 Å². The first-order valence-electron chi connectivity index (χ1n) is 8.71. The smallest absolute Gasteiger partial charge is 0.148 e. The molecule has 2 nitrogen and oxygen atoms in total. The van der Waals surface area contributed by atoms with E-state index in [-0.39, 0.29) is 5.82 Å². The highest BCUT2D eigenvalue weighted by Gasteiger charge is 2.09. The predicted molar refractivity (Wildman–Crippen MR) is 114 cm³/mol. The Morgan fingerprint density at radius 3 is 2.15 bits per heavy atom. The molecule has 0 bridgehead atoms. The third-order valence-electron chi connectivity index (χ3n) is 4.12. The van der Waals surface area contributed by atoms with Crippen molar-refractivity contribution in [1.82, 2.24) is 5.32 Å². The van der Waals surface area contributed by atoms with Gasteiger partial charge in [0.2, 0.25) is 0 Å². The normalized spacial score (nSPS) is 10.8. The fourth-order valence-electron chi connectivity index (χ4n) is 2.70. The van der Waals surface area contributed by atoms with Crippen molar-refractivity contribution in [2.75, 3.05) is 6.54 Å². The summed E-state index contributed by atoms with van der Waals surface area (Å²) in [6, 6.07) is 20.9. The largest absolute Gasteiger partial charge is 0.487 e. The van der Waals surface area contributed by atoms with Gasteiger partial charge in [-0.15, -0.1) is 0 Å². The standard InChI is InChI=1S/C22H20Br2FNO/c23-20-12-18(14-26-11-10-16-6-8-19(25)9-7-16)13-21(24)22(20)27-15-17-4-2-1-3-5-17/h1-9,12-13,26H,10-11,14-15H2.